The van der Waals surface area contributed by atoms with Crippen molar-refractivity contribution in [3.05, 3.63) is 84.1 Å². The molecular weight excluding hydrogens is 706 g/mol. The molecule has 0 aliphatic rings. The number of aromatic nitrogens is 1. The van der Waals surface area contributed by atoms with Crippen molar-refractivity contribution in [3.8, 4) is 11.3 Å². The third kappa shape index (κ3) is 8.67. The average Bonchev–Trinajstić information content (AvgIpc) is 2.91. The number of carbonyl (C=O) groups is 1. The van der Waals surface area contributed by atoms with E-state index in [2.05, 4.69) is 107 Å². The van der Waals surface area contributed by atoms with Gasteiger partial charge < -0.3 is 5.11 Å². The molecule has 1 aromatic heterocycles. The van der Waals surface area contributed by atoms with Crippen LogP contribution in [0, 0.1) is 12.0 Å². The van der Waals surface area contributed by atoms with E-state index in [0.29, 0.717) is 0 Å². The summed E-state index contributed by atoms with van der Waals surface area (Å²) in [6, 6.07) is 25.4. The van der Waals surface area contributed by atoms with Gasteiger partial charge in [-0.2, -0.15) is 0 Å². The summed E-state index contributed by atoms with van der Waals surface area (Å²) >= 11 is 0. The van der Waals surface area contributed by atoms with Crippen molar-refractivity contribution >= 4 is 40.7 Å². The number of halogens is 1. The summed E-state index contributed by atoms with van der Waals surface area (Å²) < 4.78 is 11.7. The van der Waals surface area contributed by atoms with Crippen molar-refractivity contribution in [3.63, 3.8) is 0 Å². The number of alkyl halides is 1. The number of benzene rings is 3. The number of para-hydroxylation sites is 1. The van der Waals surface area contributed by atoms with Gasteiger partial charge in [-0.25, -0.2) is 4.39 Å². The Morgan fingerprint density at radius 3 is 2.15 bits per heavy atom. The van der Waals surface area contributed by atoms with Crippen LogP contribution in [0.1, 0.15) is 53.0 Å². The van der Waals surface area contributed by atoms with Crippen LogP contribution in [0.15, 0.2) is 72.5 Å². The SMILES string of the molecule is CC(C)(C)c1cc(-c2cc([Si](C)(C)C)c3ccccc3n2)[c-]c2ccccc12.CCC(CC)/C(O)=C/C(=O)CF.[Ir]. The van der Waals surface area contributed by atoms with E-state index in [9.17, 15) is 14.3 Å². The van der Waals surface area contributed by atoms with Gasteiger partial charge in [-0.15, -0.1) is 29.1 Å². The minimum Gasteiger partial charge on any atom is -0.512 e. The summed E-state index contributed by atoms with van der Waals surface area (Å²) in [5, 5.41) is 14.5. The first-order chi connectivity index (χ1) is 18.8. The molecule has 0 aliphatic heterocycles. The van der Waals surface area contributed by atoms with Gasteiger partial charge >= 0.3 is 0 Å². The minimum atomic E-state index is -1.52. The molecule has 221 valence electrons. The fourth-order valence-corrected chi connectivity index (χ4v) is 6.54. The zero-order valence-electron chi connectivity index (χ0n) is 25.6. The van der Waals surface area contributed by atoms with Crippen molar-refractivity contribution in [1.82, 2.24) is 4.98 Å². The smallest absolute Gasteiger partial charge is 0.189 e. The summed E-state index contributed by atoms with van der Waals surface area (Å²) in [7, 11) is -1.52. The second kappa shape index (κ2) is 14.5. The zero-order chi connectivity index (χ0) is 29.7. The number of allylic oxidation sites excluding steroid dienone is 2. The van der Waals surface area contributed by atoms with Gasteiger partial charge in [0.15, 0.2) is 12.5 Å². The summed E-state index contributed by atoms with van der Waals surface area (Å²) in [5.41, 5.74) is 4.61. The Balaban J connectivity index is 0.000000387. The Bertz CT molecular complexity index is 1420. The number of nitrogens with zero attached hydrogens (tertiary/aromatic N) is 1. The molecule has 0 saturated heterocycles. The van der Waals surface area contributed by atoms with Crippen molar-refractivity contribution in [2.24, 2.45) is 5.92 Å². The molecule has 0 saturated carbocycles. The first-order valence-electron chi connectivity index (χ1n) is 14.2. The molecule has 6 heteroatoms. The Kier molecular flexibility index (Phi) is 12.2. The van der Waals surface area contributed by atoms with Gasteiger partial charge in [0.25, 0.3) is 0 Å². The van der Waals surface area contributed by atoms with E-state index in [-0.39, 0.29) is 37.2 Å². The van der Waals surface area contributed by atoms with Gasteiger partial charge in [0.05, 0.1) is 19.3 Å². The molecule has 4 rings (SSSR count). The fourth-order valence-electron chi connectivity index (χ4n) is 4.95. The molecule has 0 amide bonds. The standard InChI is InChI=1S/C26H28NSi.C9H15FO2.Ir/c1-26(2,3)22-16-19(15-18-11-7-8-12-20(18)22)24-17-25(28(4,5)6)21-13-9-10-14-23(21)27-24;1-3-7(4-2)9(12)5-8(11)6-10;/h7-14,16-17H,1-6H3;5,7,12H,3-4,6H2,1-2H3;/q-1;;/b;9-5-;. The number of fused-ring (bicyclic) bond motifs is 2. The van der Waals surface area contributed by atoms with Gasteiger partial charge in [0.1, 0.15) is 0 Å². The van der Waals surface area contributed by atoms with Gasteiger partial charge in [-0.05, 0) is 29.7 Å². The molecule has 0 fully saturated rings. The van der Waals surface area contributed by atoms with E-state index in [1.165, 1.54) is 21.5 Å². The molecule has 1 heterocycles. The maximum absolute atomic E-state index is 11.7. The molecule has 41 heavy (non-hydrogen) atoms. The molecule has 0 unspecified atom stereocenters. The van der Waals surface area contributed by atoms with E-state index < -0.39 is 20.5 Å². The Morgan fingerprint density at radius 1 is 1.00 bits per heavy atom. The maximum atomic E-state index is 11.7. The van der Waals surface area contributed by atoms with Crippen molar-refractivity contribution in [1.29, 1.82) is 0 Å². The Labute approximate surface area is 259 Å². The average molecular weight is 749 g/mol. The quantitative estimate of drug-likeness (QED) is 0.0889. The van der Waals surface area contributed by atoms with Crippen LogP contribution < -0.4 is 5.19 Å². The number of carbonyl (C=O) groups excluding carboxylic acids is 1. The predicted molar refractivity (Wildman–Crippen MR) is 171 cm³/mol. The second-order valence-electron chi connectivity index (χ2n) is 12.4. The number of pyridine rings is 1. The number of hydrogen-bond acceptors (Lipinski definition) is 3. The third-order valence-electron chi connectivity index (χ3n) is 7.23. The second-order valence-corrected chi connectivity index (χ2v) is 17.4. The summed E-state index contributed by atoms with van der Waals surface area (Å²) in [6.45, 7) is 16.8. The minimum absolute atomic E-state index is 0. The molecule has 3 aromatic carbocycles. The van der Waals surface area contributed by atoms with E-state index in [1.54, 1.807) is 0 Å². The first-order valence-corrected chi connectivity index (χ1v) is 17.7. The number of ketones is 1. The summed E-state index contributed by atoms with van der Waals surface area (Å²) in [4.78, 5) is 15.6. The van der Waals surface area contributed by atoms with Crippen molar-refractivity contribution in [2.45, 2.75) is 72.5 Å². The molecule has 4 aromatic rings. The Morgan fingerprint density at radius 2 is 1.59 bits per heavy atom. The molecule has 3 nitrogen and oxygen atoms in total. The van der Waals surface area contributed by atoms with Gasteiger partial charge in [0.2, 0.25) is 0 Å². The van der Waals surface area contributed by atoms with Crippen molar-refractivity contribution in [2.75, 3.05) is 6.67 Å². The van der Waals surface area contributed by atoms with Crippen molar-refractivity contribution < 1.29 is 34.4 Å². The van der Waals surface area contributed by atoms with Gasteiger partial charge in [-0.3, -0.25) is 9.78 Å². The third-order valence-corrected chi connectivity index (χ3v) is 9.26. The van der Waals surface area contributed by atoms with Crippen LogP contribution in [0.25, 0.3) is 32.9 Å². The molecular formula is C35H43FIrNO2Si-. The van der Waals surface area contributed by atoms with Crippen LogP contribution in [-0.4, -0.2) is 30.6 Å². The number of hydrogen-bond donors (Lipinski definition) is 1. The molecule has 0 atom stereocenters. The number of aliphatic hydroxyl groups excluding tert-OH is 1. The Hall–Kier alpha value is -2.66. The van der Waals surface area contributed by atoms with Gasteiger partial charge in [-0.1, -0.05) is 113 Å². The van der Waals surface area contributed by atoms with E-state index in [0.717, 1.165) is 41.1 Å². The van der Waals surface area contributed by atoms with Crippen LogP contribution >= 0.6 is 0 Å². The summed E-state index contributed by atoms with van der Waals surface area (Å²) in [5.74, 6) is -0.678. The van der Waals surface area contributed by atoms with Crippen LogP contribution in [0.2, 0.25) is 19.6 Å². The van der Waals surface area contributed by atoms with E-state index in [1.807, 2.05) is 13.8 Å². The van der Waals surface area contributed by atoms with Crippen LogP contribution in [0.5, 0.6) is 0 Å². The van der Waals surface area contributed by atoms with E-state index >= 15 is 0 Å². The van der Waals surface area contributed by atoms with E-state index in [4.69, 9.17) is 4.98 Å². The first kappa shape index (κ1) is 34.5. The largest absolute Gasteiger partial charge is 0.512 e. The van der Waals surface area contributed by atoms with Crippen LogP contribution in [-0.2, 0) is 30.3 Å². The zero-order valence-corrected chi connectivity index (χ0v) is 29.0. The molecule has 0 bridgehead atoms. The molecule has 1 N–H and O–H groups in total. The topological polar surface area (TPSA) is 50.2 Å². The number of rotatable bonds is 7. The predicted octanol–water partition coefficient (Wildman–Crippen LogP) is 9.10. The molecule has 0 aliphatic carbocycles. The molecule has 1 radical (unpaired) electrons. The molecule has 0 spiro atoms. The number of aliphatic hydroxyl groups is 1. The normalized spacial score (nSPS) is 12.2. The van der Waals surface area contributed by atoms with Crippen LogP contribution in [0.4, 0.5) is 4.39 Å². The maximum Gasteiger partial charge on any atom is 0.189 e. The summed E-state index contributed by atoms with van der Waals surface area (Å²) in [6.07, 6.45) is 2.51. The van der Waals surface area contributed by atoms with Gasteiger partial charge in [0, 0.05) is 37.8 Å². The monoisotopic (exact) mass is 749 g/mol. The van der Waals surface area contributed by atoms with Crippen LogP contribution in [0.3, 0.4) is 0 Å². The fraction of sp³-hybridized carbons (Fsp3) is 0.371.